The molecule has 5 heteroatoms. The summed E-state index contributed by atoms with van der Waals surface area (Å²) in [5.41, 5.74) is 0.340. The Morgan fingerprint density at radius 3 is 2.77 bits per heavy atom. The number of benzene rings is 1. The molecule has 2 aromatic rings. The van der Waals surface area contributed by atoms with Crippen LogP contribution >= 0.6 is 0 Å². The maximum atomic E-state index is 13.7. The van der Waals surface area contributed by atoms with Crippen molar-refractivity contribution in [2.75, 3.05) is 13.2 Å². The fourth-order valence-electron chi connectivity index (χ4n) is 1.95. The molecular formula is C17H20FNO3. The van der Waals surface area contributed by atoms with Gasteiger partial charge in [0.2, 0.25) is 0 Å². The van der Waals surface area contributed by atoms with E-state index >= 15 is 0 Å². The van der Waals surface area contributed by atoms with Crippen molar-refractivity contribution in [2.45, 2.75) is 26.4 Å². The summed E-state index contributed by atoms with van der Waals surface area (Å²) in [6.07, 6.45) is 0.911. The van der Waals surface area contributed by atoms with Crippen molar-refractivity contribution in [2.24, 2.45) is 0 Å². The topological polar surface area (TPSA) is 51.5 Å². The molecule has 1 heterocycles. The Balaban J connectivity index is 1.88. The summed E-state index contributed by atoms with van der Waals surface area (Å²) < 4.78 is 24.5. The normalized spacial score (nSPS) is 10.9. The third kappa shape index (κ3) is 4.43. The summed E-state index contributed by atoms with van der Waals surface area (Å²) in [7, 11) is 0. The highest BCUT2D eigenvalue weighted by Crippen LogP contribution is 2.24. The lowest BCUT2D eigenvalue weighted by molar-refractivity contribution is 0.0753. The van der Waals surface area contributed by atoms with E-state index in [1.165, 1.54) is 6.07 Å². The van der Waals surface area contributed by atoms with Gasteiger partial charge in [-0.25, -0.2) is 4.39 Å². The highest BCUT2D eigenvalue weighted by atomic mass is 19.1. The number of amides is 1. The molecule has 0 aliphatic carbocycles. The van der Waals surface area contributed by atoms with E-state index in [2.05, 4.69) is 5.32 Å². The van der Waals surface area contributed by atoms with Crippen molar-refractivity contribution in [3.8, 4) is 11.3 Å². The fourth-order valence-corrected chi connectivity index (χ4v) is 1.95. The second-order valence-corrected chi connectivity index (χ2v) is 5.17. The van der Waals surface area contributed by atoms with Gasteiger partial charge in [0.1, 0.15) is 11.6 Å². The van der Waals surface area contributed by atoms with Gasteiger partial charge in [-0.3, -0.25) is 4.79 Å². The Labute approximate surface area is 129 Å². The number of halogens is 1. The van der Waals surface area contributed by atoms with Crippen molar-refractivity contribution in [1.82, 2.24) is 5.32 Å². The first-order valence-corrected chi connectivity index (χ1v) is 7.32. The van der Waals surface area contributed by atoms with Crippen molar-refractivity contribution in [1.29, 1.82) is 0 Å². The number of hydrogen-bond donors (Lipinski definition) is 1. The molecule has 0 atom stereocenters. The minimum Gasteiger partial charge on any atom is -0.451 e. The van der Waals surface area contributed by atoms with Gasteiger partial charge in [-0.2, -0.15) is 0 Å². The van der Waals surface area contributed by atoms with Gasteiger partial charge in [0, 0.05) is 13.2 Å². The zero-order chi connectivity index (χ0) is 15.9. The predicted octanol–water partition coefficient (Wildman–Crippen LogP) is 3.63. The van der Waals surface area contributed by atoms with Crippen molar-refractivity contribution < 1.29 is 18.3 Å². The van der Waals surface area contributed by atoms with Crippen molar-refractivity contribution in [3.63, 3.8) is 0 Å². The minimum atomic E-state index is -0.380. The standard InChI is InChI=1S/C17H20FNO3/c1-12(2)21-11-5-10-19-17(20)16-9-8-15(22-16)13-6-3-4-7-14(13)18/h3-4,6-9,12H,5,10-11H2,1-2H3,(H,19,20). The smallest absolute Gasteiger partial charge is 0.287 e. The van der Waals surface area contributed by atoms with Gasteiger partial charge in [-0.15, -0.1) is 0 Å². The zero-order valence-electron chi connectivity index (χ0n) is 12.8. The SMILES string of the molecule is CC(C)OCCCNC(=O)c1ccc(-c2ccccc2F)o1. The monoisotopic (exact) mass is 305 g/mol. The van der Waals surface area contributed by atoms with Crippen LogP contribution in [0.4, 0.5) is 4.39 Å². The van der Waals surface area contributed by atoms with Crippen LogP contribution in [0.5, 0.6) is 0 Å². The van der Waals surface area contributed by atoms with Gasteiger partial charge in [-0.05, 0) is 44.5 Å². The van der Waals surface area contributed by atoms with E-state index < -0.39 is 0 Å². The van der Waals surface area contributed by atoms with Gasteiger partial charge in [-0.1, -0.05) is 12.1 Å². The van der Waals surface area contributed by atoms with Crippen molar-refractivity contribution >= 4 is 5.91 Å². The lowest BCUT2D eigenvalue weighted by atomic mass is 10.1. The summed E-state index contributed by atoms with van der Waals surface area (Å²) in [4.78, 5) is 11.9. The Hall–Kier alpha value is -2.14. The summed E-state index contributed by atoms with van der Waals surface area (Å²) in [6.45, 7) is 5.02. The molecule has 1 amide bonds. The number of rotatable bonds is 7. The van der Waals surface area contributed by atoms with E-state index in [-0.39, 0.29) is 23.6 Å². The van der Waals surface area contributed by atoms with Crippen LogP contribution in [0.3, 0.4) is 0 Å². The summed E-state index contributed by atoms with van der Waals surface area (Å²) >= 11 is 0. The Kier molecular flexibility index (Phi) is 5.72. The molecule has 1 N–H and O–H groups in total. The molecule has 0 aliphatic heterocycles. The largest absolute Gasteiger partial charge is 0.451 e. The number of carbonyl (C=O) groups excluding carboxylic acids is 1. The maximum absolute atomic E-state index is 13.7. The highest BCUT2D eigenvalue weighted by Gasteiger charge is 2.13. The Bertz CT molecular complexity index is 622. The molecule has 0 unspecified atom stereocenters. The number of carbonyl (C=O) groups is 1. The van der Waals surface area contributed by atoms with Crippen LogP contribution in [0.1, 0.15) is 30.8 Å². The van der Waals surface area contributed by atoms with Gasteiger partial charge >= 0.3 is 0 Å². The molecule has 4 nitrogen and oxygen atoms in total. The highest BCUT2D eigenvalue weighted by molar-refractivity contribution is 5.92. The Morgan fingerprint density at radius 2 is 2.05 bits per heavy atom. The molecule has 22 heavy (non-hydrogen) atoms. The van der Waals surface area contributed by atoms with Crippen LogP contribution in [0.25, 0.3) is 11.3 Å². The molecule has 0 aliphatic rings. The number of nitrogens with one attached hydrogen (secondary N) is 1. The van der Waals surface area contributed by atoms with E-state index in [4.69, 9.17) is 9.15 Å². The van der Waals surface area contributed by atoms with Crippen LogP contribution in [0.2, 0.25) is 0 Å². The first-order chi connectivity index (χ1) is 10.6. The third-order valence-electron chi connectivity index (χ3n) is 3.03. The maximum Gasteiger partial charge on any atom is 0.287 e. The third-order valence-corrected chi connectivity index (χ3v) is 3.03. The average molecular weight is 305 g/mol. The molecule has 2 rings (SSSR count). The molecule has 0 saturated heterocycles. The van der Waals surface area contributed by atoms with Gasteiger partial charge < -0.3 is 14.5 Å². The molecular weight excluding hydrogens is 285 g/mol. The van der Waals surface area contributed by atoms with Gasteiger partial charge in [0.15, 0.2) is 5.76 Å². The zero-order valence-corrected chi connectivity index (χ0v) is 12.8. The second-order valence-electron chi connectivity index (χ2n) is 5.17. The van der Waals surface area contributed by atoms with Crippen LogP contribution in [0, 0.1) is 5.82 Å². The van der Waals surface area contributed by atoms with E-state index in [1.54, 1.807) is 30.3 Å². The second kappa shape index (κ2) is 7.75. The summed E-state index contributed by atoms with van der Waals surface area (Å²) in [5, 5.41) is 2.75. The van der Waals surface area contributed by atoms with Crippen LogP contribution in [-0.4, -0.2) is 25.2 Å². The van der Waals surface area contributed by atoms with Crippen LogP contribution in [-0.2, 0) is 4.74 Å². The summed E-state index contributed by atoms with van der Waals surface area (Å²) in [5.74, 6) is -0.184. The van der Waals surface area contributed by atoms with Crippen LogP contribution < -0.4 is 5.32 Å². The molecule has 0 bridgehead atoms. The van der Waals surface area contributed by atoms with E-state index in [0.717, 1.165) is 6.42 Å². The molecule has 0 saturated carbocycles. The lowest BCUT2D eigenvalue weighted by Gasteiger charge is -2.07. The van der Waals surface area contributed by atoms with E-state index in [9.17, 15) is 9.18 Å². The summed E-state index contributed by atoms with van der Waals surface area (Å²) in [6, 6.07) is 9.42. The van der Waals surface area contributed by atoms with Crippen molar-refractivity contribution in [3.05, 3.63) is 48.0 Å². The predicted molar refractivity (Wildman–Crippen MR) is 82.1 cm³/mol. The number of hydrogen-bond acceptors (Lipinski definition) is 3. The van der Waals surface area contributed by atoms with Gasteiger partial charge in [0.25, 0.3) is 5.91 Å². The minimum absolute atomic E-state index is 0.169. The average Bonchev–Trinajstić information content (AvgIpc) is 2.96. The first kappa shape index (κ1) is 16.2. The van der Waals surface area contributed by atoms with Crippen LogP contribution in [0.15, 0.2) is 40.8 Å². The van der Waals surface area contributed by atoms with E-state index in [1.807, 2.05) is 13.8 Å². The molecule has 1 aromatic heterocycles. The molecule has 0 radical (unpaired) electrons. The number of furan rings is 1. The van der Waals surface area contributed by atoms with E-state index in [0.29, 0.717) is 24.5 Å². The molecule has 0 fully saturated rings. The Morgan fingerprint density at radius 1 is 1.27 bits per heavy atom. The lowest BCUT2D eigenvalue weighted by Crippen LogP contribution is -2.25. The quantitative estimate of drug-likeness (QED) is 0.795. The molecule has 1 aromatic carbocycles. The molecule has 118 valence electrons. The molecule has 0 spiro atoms. The first-order valence-electron chi connectivity index (χ1n) is 7.32. The number of ether oxygens (including phenoxy) is 1. The van der Waals surface area contributed by atoms with Gasteiger partial charge in [0.05, 0.1) is 11.7 Å². The fraction of sp³-hybridized carbons (Fsp3) is 0.353.